The van der Waals surface area contributed by atoms with Crippen LogP contribution in [0.25, 0.3) is 38.6 Å². The predicted molar refractivity (Wildman–Crippen MR) is 96.2 cm³/mol. The molecule has 2 aromatic carbocycles. The first-order valence-corrected chi connectivity index (χ1v) is 8.15. The smallest absolute Gasteiger partial charge is 0.145 e. The minimum absolute atomic E-state index is 0.995. The fourth-order valence-electron chi connectivity index (χ4n) is 4.06. The van der Waals surface area contributed by atoms with Crippen molar-refractivity contribution >= 4 is 27.5 Å². The summed E-state index contributed by atoms with van der Waals surface area (Å²) < 4.78 is 2.14. The quantitative estimate of drug-likeness (QED) is 0.384. The molecule has 3 heterocycles. The van der Waals surface area contributed by atoms with E-state index in [1.54, 1.807) is 0 Å². The van der Waals surface area contributed by atoms with Crippen LogP contribution >= 0.6 is 0 Å². The van der Waals surface area contributed by atoms with Crippen molar-refractivity contribution in [2.24, 2.45) is 0 Å². The van der Waals surface area contributed by atoms with E-state index in [2.05, 4.69) is 56.8 Å². The number of imidazole rings is 1. The third-order valence-electron chi connectivity index (χ3n) is 5.11. The maximum absolute atomic E-state index is 4.67. The van der Waals surface area contributed by atoms with Crippen molar-refractivity contribution in [3.8, 4) is 11.1 Å². The van der Waals surface area contributed by atoms with Gasteiger partial charge in [0.25, 0.3) is 0 Å². The van der Waals surface area contributed by atoms with Gasteiger partial charge in [-0.15, -0.1) is 0 Å². The van der Waals surface area contributed by atoms with Gasteiger partial charge in [-0.3, -0.25) is 9.38 Å². The molecule has 6 rings (SSSR count). The molecule has 0 N–H and O–H groups in total. The average molecular weight is 307 g/mol. The summed E-state index contributed by atoms with van der Waals surface area (Å²) in [6.07, 6.45) is 6.74. The van der Waals surface area contributed by atoms with Gasteiger partial charge < -0.3 is 0 Å². The Morgan fingerprint density at radius 1 is 0.792 bits per heavy atom. The normalized spacial score (nSPS) is 12.8. The molecule has 1 aliphatic rings. The summed E-state index contributed by atoms with van der Waals surface area (Å²) in [4.78, 5) is 9.28. The number of rotatable bonds is 0. The van der Waals surface area contributed by atoms with Gasteiger partial charge in [-0.1, -0.05) is 24.3 Å². The van der Waals surface area contributed by atoms with Gasteiger partial charge in [0.05, 0.1) is 11.0 Å². The lowest BCUT2D eigenvalue weighted by Crippen LogP contribution is -1.93. The molecule has 0 bridgehead atoms. The number of hydrogen-bond donors (Lipinski definition) is 0. The Bertz CT molecular complexity index is 1280. The molecular formula is C21H13N3. The Morgan fingerprint density at radius 2 is 1.75 bits per heavy atom. The van der Waals surface area contributed by atoms with Crippen molar-refractivity contribution in [2.75, 3.05) is 0 Å². The minimum Gasteiger partial charge on any atom is -0.298 e. The molecule has 3 nitrogen and oxygen atoms in total. The first-order valence-electron chi connectivity index (χ1n) is 8.15. The highest BCUT2D eigenvalue weighted by atomic mass is 15.0. The van der Waals surface area contributed by atoms with E-state index < -0.39 is 0 Å². The number of benzene rings is 2. The highest BCUT2D eigenvalue weighted by Crippen LogP contribution is 2.40. The highest BCUT2D eigenvalue weighted by molar-refractivity contribution is 6.12. The van der Waals surface area contributed by atoms with E-state index in [1.165, 1.54) is 33.0 Å². The maximum atomic E-state index is 4.67. The van der Waals surface area contributed by atoms with Gasteiger partial charge in [0.2, 0.25) is 0 Å². The third kappa shape index (κ3) is 1.42. The van der Waals surface area contributed by atoms with Crippen molar-refractivity contribution in [2.45, 2.75) is 6.42 Å². The first-order chi connectivity index (χ1) is 11.9. The summed E-state index contributed by atoms with van der Waals surface area (Å²) in [6.45, 7) is 0. The van der Waals surface area contributed by atoms with Crippen LogP contribution in [-0.4, -0.2) is 14.4 Å². The number of fused-ring (bicyclic) bond motifs is 9. The second kappa shape index (κ2) is 4.20. The van der Waals surface area contributed by atoms with Crippen LogP contribution in [0.1, 0.15) is 11.1 Å². The number of hydrogen-bond acceptors (Lipinski definition) is 2. The molecule has 1 aliphatic carbocycles. The van der Waals surface area contributed by atoms with Crippen LogP contribution in [0.2, 0.25) is 0 Å². The number of aromatic nitrogens is 3. The molecule has 5 aromatic rings. The minimum atomic E-state index is 0.995. The average Bonchev–Trinajstić information content (AvgIpc) is 3.25. The Morgan fingerprint density at radius 3 is 2.75 bits per heavy atom. The molecular weight excluding hydrogens is 294 g/mol. The summed E-state index contributed by atoms with van der Waals surface area (Å²) in [6, 6.07) is 17.4. The van der Waals surface area contributed by atoms with E-state index in [1.807, 2.05) is 24.7 Å². The van der Waals surface area contributed by atoms with E-state index >= 15 is 0 Å². The van der Waals surface area contributed by atoms with Gasteiger partial charge >= 0.3 is 0 Å². The Balaban J connectivity index is 1.85. The Hall–Kier alpha value is -3.20. The van der Waals surface area contributed by atoms with Crippen LogP contribution in [0, 0.1) is 0 Å². The van der Waals surface area contributed by atoms with Crippen molar-refractivity contribution < 1.29 is 0 Å². The molecule has 0 fully saturated rings. The van der Waals surface area contributed by atoms with Gasteiger partial charge in [-0.05, 0) is 52.9 Å². The van der Waals surface area contributed by atoms with Crippen LogP contribution in [0.4, 0.5) is 0 Å². The standard InChI is InChI=1S/C21H13N3/c1-2-5-15-13(4-1)10-14-11-18-17(12-16(14)15)20-19(6-3-7-22-20)24-9-8-23-21(18)24/h1-9,11-12H,10H2. The molecule has 0 spiro atoms. The summed E-state index contributed by atoms with van der Waals surface area (Å²) in [5.74, 6) is 0. The van der Waals surface area contributed by atoms with E-state index in [0.717, 1.165) is 23.1 Å². The molecule has 0 aliphatic heterocycles. The molecule has 112 valence electrons. The highest BCUT2D eigenvalue weighted by Gasteiger charge is 2.20. The van der Waals surface area contributed by atoms with Gasteiger partial charge in [0, 0.05) is 29.4 Å². The zero-order valence-electron chi connectivity index (χ0n) is 12.9. The molecule has 0 amide bonds. The number of pyridine rings is 2. The second-order valence-corrected chi connectivity index (χ2v) is 6.38. The summed E-state index contributed by atoms with van der Waals surface area (Å²) in [7, 11) is 0. The molecule has 24 heavy (non-hydrogen) atoms. The molecule has 3 heteroatoms. The van der Waals surface area contributed by atoms with Crippen molar-refractivity contribution in [3.63, 3.8) is 0 Å². The monoisotopic (exact) mass is 307 g/mol. The van der Waals surface area contributed by atoms with Crippen molar-refractivity contribution in [1.82, 2.24) is 14.4 Å². The summed E-state index contributed by atoms with van der Waals surface area (Å²) >= 11 is 0. The third-order valence-corrected chi connectivity index (χ3v) is 5.11. The maximum Gasteiger partial charge on any atom is 0.145 e. The van der Waals surface area contributed by atoms with Gasteiger partial charge in [0.1, 0.15) is 5.65 Å². The topological polar surface area (TPSA) is 30.2 Å². The van der Waals surface area contributed by atoms with Gasteiger partial charge in [0.15, 0.2) is 0 Å². The van der Waals surface area contributed by atoms with E-state index in [-0.39, 0.29) is 0 Å². The van der Waals surface area contributed by atoms with Gasteiger partial charge in [-0.25, -0.2) is 4.98 Å². The summed E-state index contributed by atoms with van der Waals surface area (Å²) in [5.41, 5.74) is 8.60. The molecule has 0 atom stereocenters. The predicted octanol–water partition coefficient (Wildman–Crippen LogP) is 4.61. The van der Waals surface area contributed by atoms with E-state index in [9.17, 15) is 0 Å². The molecule has 0 radical (unpaired) electrons. The Kier molecular flexibility index (Phi) is 2.15. The zero-order valence-corrected chi connectivity index (χ0v) is 12.9. The molecule has 3 aromatic heterocycles. The Labute approximate surface area is 138 Å². The SMILES string of the molecule is c1ccc2c(c1)Cc1cc3c(cc1-2)c1ncccc1n1ccnc31. The number of nitrogens with zero attached hydrogens (tertiary/aromatic N) is 3. The first kappa shape index (κ1) is 12.3. The molecule has 0 saturated carbocycles. The lowest BCUT2D eigenvalue weighted by molar-refractivity contribution is 1.24. The lowest BCUT2D eigenvalue weighted by atomic mass is 10.00. The van der Waals surface area contributed by atoms with Crippen molar-refractivity contribution in [1.29, 1.82) is 0 Å². The van der Waals surface area contributed by atoms with Crippen LogP contribution in [0.3, 0.4) is 0 Å². The van der Waals surface area contributed by atoms with E-state index in [4.69, 9.17) is 0 Å². The largest absolute Gasteiger partial charge is 0.298 e. The van der Waals surface area contributed by atoms with Gasteiger partial charge in [-0.2, -0.15) is 0 Å². The van der Waals surface area contributed by atoms with Crippen LogP contribution < -0.4 is 0 Å². The van der Waals surface area contributed by atoms with Crippen molar-refractivity contribution in [3.05, 3.63) is 78.2 Å². The lowest BCUT2D eigenvalue weighted by Gasteiger charge is -2.10. The second-order valence-electron chi connectivity index (χ2n) is 6.38. The van der Waals surface area contributed by atoms with Crippen LogP contribution in [-0.2, 0) is 6.42 Å². The van der Waals surface area contributed by atoms with Crippen LogP contribution in [0.15, 0.2) is 67.1 Å². The fraction of sp³-hybridized carbons (Fsp3) is 0.0476. The fourth-order valence-corrected chi connectivity index (χ4v) is 4.06. The molecule has 0 unspecified atom stereocenters. The van der Waals surface area contributed by atoms with E-state index in [0.29, 0.717) is 0 Å². The van der Waals surface area contributed by atoms with Crippen LogP contribution in [0.5, 0.6) is 0 Å². The zero-order chi connectivity index (χ0) is 15.7. The summed E-state index contributed by atoms with van der Waals surface area (Å²) in [5, 5.41) is 2.36. The molecule has 0 saturated heterocycles.